The summed E-state index contributed by atoms with van der Waals surface area (Å²) in [5.41, 5.74) is -0.0806. The molecule has 2 amide bonds. The standard InChI is InChI=1S/C20H24N4O5S/c1-24-19(27)16(18(26)23-13-5-3-6-14(9-13)28-2)11-22-20(24)30-12-17(25)21-10-15-7-4-8-29-15/h3,5-6,9,11,15H,4,7-8,10,12H2,1-2H3,(H,21,25)(H,23,26)/t15-/m0/s1. The van der Waals surface area contributed by atoms with Crippen LogP contribution < -0.4 is 20.9 Å². The molecule has 1 aromatic carbocycles. The van der Waals surface area contributed by atoms with E-state index in [0.29, 0.717) is 23.1 Å². The summed E-state index contributed by atoms with van der Waals surface area (Å²) in [7, 11) is 3.05. The molecule has 2 N–H and O–H groups in total. The molecule has 2 aromatic rings. The van der Waals surface area contributed by atoms with Crippen LogP contribution in [0.4, 0.5) is 5.69 Å². The van der Waals surface area contributed by atoms with E-state index in [0.717, 1.165) is 31.2 Å². The van der Waals surface area contributed by atoms with Gasteiger partial charge in [-0.25, -0.2) is 4.98 Å². The molecular formula is C20H24N4O5S. The van der Waals surface area contributed by atoms with Crippen molar-refractivity contribution in [2.45, 2.75) is 24.1 Å². The number of hydrogen-bond acceptors (Lipinski definition) is 7. The van der Waals surface area contributed by atoms with Crippen LogP contribution in [0.3, 0.4) is 0 Å². The van der Waals surface area contributed by atoms with Crippen LogP contribution in [0.2, 0.25) is 0 Å². The number of benzene rings is 1. The lowest BCUT2D eigenvalue weighted by molar-refractivity contribution is -0.119. The van der Waals surface area contributed by atoms with E-state index in [2.05, 4.69) is 15.6 Å². The molecule has 0 saturated carbocycles. The average molecular weight is 433 g/mol. The number of amides is 2. The lowest BCUT2D eigenvalue weighted by Crippen LogP contribution is -2.33. The SMILES string of the molecule is COc1cccc(NC(=O)c2cnc(SCC(=O)NC[C@@H]3CCCO3)n(C)c2=O)c1. The van der Waals surface area contributed by atoms with E-state index >= 15 is 0 Å². The number of rotatable bonds is 8. The van der Waals surface area contributed by atoms with E-state index in [9.17, 15) is 14.4 Å². The fourth-order valence-corrected chi connectivity index (χ4v) is 3.70. The molecule has 1 atom stereocenters. The minimum absolute atomic E-state index is 0.0730. The average Bonchev–Trinajstić information content (AvgIpc) is 3.27. The lowest BCUT2D eigenvalue weighted by Gasteiger charge is -2.12. The first-order valence-electron chi connectivity index (χ1n) is 9.50. The van der Waals surface area contributed by atoms with E-state index in [1.165, 1.54) is 24.9 Å². The second-order valence-corrected chi connectivity index (χ2v) is 7.67. The molecule has 1 aliphatic heterocycles. The molecular weight excluding hydrogens is 408 g/mol. The van der Waals surface area contributed by atoms with Gasteiger partial charge in [0, 0.05) is 38.1 Å². The highest BCUT2D eigenvalue weighted by atomic mass is 32.2. The molecule has 9 nitrogen and oxygen atoms in total. The third-order valence-electron chi connectivity index (χ3n) is 4.58. The molecule has 3 rings (SSSR count). The number of carbonyl (C=O) groups excluding carboxylic acids is 2. The van der Waals surface area contributed by atoms with Crippen molar-refractivity contribution in [2.75, 3.05) is 31.3 Å². The fourth-order valence-electron chi connectivity index (χ4n) is 2.93. The third-order valence-corrected chi connectivity index (χ3v) is 5.63. The molecule has 0 unspecified atom stereocenters. The molecule has 0 spiro atoms. The van der Waals surface area contributed by atoms with Crippen molar-refractivity contribution in [2.24, 2.45) is 7.05 Å². The Morgan fingerprint density at radius 1 is 1.40 bits per heavy atom. The first-order chi connectivity index (χ1) is 14.5. The van der Waals surface area contributed by atoms with Crippen LogP contribution in [0.5, 0.6) is 5.75 Å². The van der Waals surface area contributed by atoms with Gasteiger partial charge in [-0.2, -0.15) is 0 Å². The zero-order valence-corrected chi connectivity index (χ0v) is 17.7. The summed E-state index contributed by atoms with van der Waals surface area (Å²) >= 11 is 1.13. The quantitative estimate of drug-likeness (QED) is 0.479. The molecule has 1 fully saturated rings. The molecule has 160 valence electrons. The van der Waals surface area contributed by atoms with Gasteiger partial charge in [-0.3, -0.25) is 19.0 Å². The van der Waals surface area contributed by atoms with E-state index in [1.54, 1.807) is 24.3 Å². The van der Waals surface area contributed by atoms with Gasteiger partial charge in [-0.15, -0.1) is 0 Å². The van der Waals surface area contributed by atoms with Gasteiger partial charge in [0.25, 0.3) is 11.5 Å². The molecule has 0 radical (unpaired) electrons. The number of hydrogen-bond donors (Lipinski definition) is 2. The summed E-state index contributed by atoms with van der Waals surface area (Å²) in [5.74, 6) is -0.0299. The monoisotopic (exact) mass is 432 g/mol. The maximum Gasteiger partial charge on any atom is 0.266 e. The molecule has 10 heteroatoms. The Kier molecular flexibility index (Phi) is 7.47. The smallest absolute Gasteiger partial charge is 0.266 e. The van der Waals surface area contributed by atoms with E-state index in [4.69, 9.17) is 9.47 Å². The topological polar surface area (TPSA) is 112 Å². The van der Waals surface area contributed by atoms with Gasteiger partial charge in [0.15, 0.2) is 5.16 Å². The number of nitrogens with zero attached hydrogens (tertiary/aromatic N) is 2. The molecule has 2 heterocycles. The largest absolute Gasteiger partial charge is 0.497 e. The number of anilines is 1. The molecule has 1 aromatic heterocycles. The molecule has 0 bridgehead atoms. The number of ether oxygens (including phenoxy) is 2. The molecule has 0 aliphatic carbocycles. The van der Waals surface area contributed by atoms with Gasteiger partial charge >= 0.3 is 0 Å². The van der Waals surface area contributed by atoms with Crippen molar-refractivity contribution in [1.82, 2.24) is 14.9 Å². The van der Waals surface area contributed by atoms with Gasteiger partial charge in [0.2, 0.25) is 5.91 Å². The van der Waals surface area contributed by atoms with Crippen LogP contribution in [0.25, 0.3) is 0 Å². The Hall–Kier alpha value is -2.85. The van der Waals surface area contributed by atoms with Crippen molar-refractivity contribution in [3.05, 3.63) is 46.4 Å². The Bertz CT molecular complexity index is 972. The van der Waals surface area contributed by atoms with Crippen molar-refractivity contribution in [1.29, 1.82) is 0 Å². The Morgan fingerprint density at radius 3 is 2.97 bits per heavy atom. The molecule has 30 heavy (non-hydrogen) atoms. The number of thioether (sulfide) groups is 1. The van der Waals surface area contributed by atoms with Crippen LogP contribution in [0.15, 0.2) is 40.4 Å². The van der Waals surface area contributed by atoms with E-state index in [-0.39, 0.29) is 23.3 Å². The molecule has 1 aliphatic rings. The lowest BCUT2D eigenvalue weighted by atomic mass is 10.2. The summed E-state index contributed by atoms with van der Waals surface area (Å²) in [6.45, 7) is 1.22. The van der Waals surface area contributed by atoms with E-state index in [1.807, 2.05) is 0 Å². The Morgan fingerprint density at radius 2 is 2.23 bits per heavy atom. The van der Waals surface area contributed by atoms with Crippen molar-refractivity contribution >= 4 is 29.3 Å². The van der Waals surface area contributed by atoms with Gasteiger partial charge in [0.05, 0.1) is 19.0 Å². The van der Waals surface area contributed by atoms with Crippen LogP contribution in [-0.4, -0.2) is 53.5 Å². The Balaban J connectivity index is 1.59. The zero-order valence-electron chi connectivity index (χ0n) is 16.8. The van der Waals surface area contributed by atoms with Gasteiger partial charge < -0.3 is 20.1 Å². The number of aromatic nitrogens is 2. The minimum atomic E-state index is -0.567. The summed E-state index contributed by atoms with van der Waals surface area (Å²) in [6, 6.07) is 6.82. The highest BCUT2D eigenvalue weighted by molar-refractivity contribution is 7.99. The summed E-state index contributed by atoms with van der Waals surface area (Å²) in [6.07, 6.45) is 3.26. The fraction of sp³-hybridized carbons (Fsp3) is 0.400. The highest BCUT2D eigenvalue weighted by Crippen LogP contribution is 2.18. The first-order valence-corrected chi connectivity index (χ1v) is 10.5. The van der Waals surface area contributed by atoms with Crippen LogP contribution >= 0.6 is 11.8 Å². The number of nitrogens with one attached hydrogen (secondary N) is 2. The maximum absolute atomic E-state index is 12.6. The van der Waals surface area contributed by atoms with Crippen molar-refractivity contribution in [3.63, 3.8) is 0 Å². The number of methoxy groups -OCH3 is 1. The highest BCUT2D eigenvalue weighted by Gasteiger charge is 2.18. The van der Waals surface area contributed by atoms with Crippen molar-refractivity contribution < 1.29 is 19.1 Å². The van der Waals surface area contributed by atoms with Crippen LogP contribution in [-0.2, 0) is 16.6 Å². The summed E-state index contributed by atoms with van der Waals surface area (Å²) in [5, 5.41) is 5.83. The zero-order chi connectivity index (χ0) is 21.5. The van der Waals surface area contributed by atoms with Gasteiger partial charge in [-0.1, -0.05) is 17.8 Å². The first kappa shape index (κ1) is 21.8. The molecule has 1 saturated heterocycles. The number of carbonyl (C=O) groups is 2. The van der Waals surface area contributed by atoms with Crippen LogP contribution in [0.1, 0.15) is 23.2 Å². The van der Waals surface area contributed by atoms with E-state index < -0.39 is 11.5 Å². The predicted octanol–water partition coefficient (Wildman–Crippen LogP) is 1.43. The second-order valence-electron chi connectivity index (χ2n) is 6.73. The normalized spacial score (nSPS) is 15.6. The Labute approximate surface area is 178 Å². The van der Waals surface area contributed by atoms with Crippen LogP contribution in [0, 0.1) is 0 Å². The van der Waals surface area contributed by atoms with Gasteiger partial charge in [-0.05, 0) is 25.0 Å². The summed E-state index contributed by atoms with van der Waals surface area (Å²) < 4.78 is 11.9. The second kappa shape index (κ2) is 10.3. The van der Waals surface area contributed by atoms with Gasteiger partial charge in [0.1, 0.15) is 11.3 Å². The summed E-state index contributed by atoms with van der Waals surface area (Å²) in [4.78, 5) is 41.3. The predicted molar refractivity (Wildman–Crippen MR) is 113 cm³/mol. The maximum atomic E-state index is 12.6. The van der Waals surface area contributed by atoms with Crippen molar-refractivity contribution in [3.8, 4) is 5.75 Å². The minimum Gasteiger partial charge on any atom is -0.497 e. The third kappa shape index (κ3) is 5.61.